The van der Waals surface area contributed by atoms with Crippen LogP contribution in [0.15, 0.2) is 35.5 Å². The van der Waals surface area contributed by atoms with Gasteiger partial charge < -0.3 is 0 Å². The standard InChI is InChI=1S/C20H30/c1-14-5-8-17(9-6-14)15(2)11-12-20(4)18-10-7-16(3)19(20)13-18/h5,7,17-19H,2,6,8-13H2,1,3-4H3/t17-,18+,19+,20?/m0/s1. The van der Waals surface area contributed by atoms with Gasteiger partial charge in [-0.3, -0.25) is 0 Å². The molecule has 0 radical (unpaired) electrons. The number of hydrogen-bond donors (Lipinski definition) is 0. The number of hydrogen-bond acceptors (Lipinski definition) is 0. The molecule has 1 saturated carbocycles. The van der Waals surface area contributed by atoms with Gasteiger partial charge in [0, 0.05) is 0 Å². The average molecular weight is 270 g/mol. The monoisotopic (exact) mass is 270 g/mol. The Hall–Kier alpha value is -0.780. The molecule has 1 fully saturated rings. The van der Waals surface area contributed by atoms with E-state index in [0.717, 1.165) is 17.8 Å². The third-order valence-electron chi connectivity index (χ3n) is 6.72. The zero-order valence-electron chi connectivity index (χ0n) is 13.5. The number of fused-ring (bicyclic) bond motifs is 2. The zero-order valence-corrected chi connectivity index (χ0v) is 13.5. The van der Waals surface area contributed by atoms with Gasteiger partial charge in [-0.2, -0.15) is 0 Å². The van der Waals surface area contributed by atoms with Crippen molar-refractivity contribution in [2.24, 2.45) is 23.2 Å². The lowest BCUT2D eigenvalue weighted by Gasteiger charge is -2.58. The molecule has 0 nitrogen and oxygen atoms in total. The first-order chi connectivity index (χ1) is 9.50. The first-order valence-corrected chi connectivity index (χ1v) is 8.50. The molecule has 0 N–H and O–H groups in total. The van der Waals surface area contributed by atoms with Gasteiger partial charge >= 0.3 is 0 Å². The van der Waals surface area contributed by atoms with Crippen LogP contribution in [0.3, 0.4) is 0 Å². The van der Waals surface area contributed by atoms with Crippen LogP contribution in [0.2, 0.25) is 0 Å². The van der Waals surface area contributed by atoms with Crippen LogP contribution in [-0.2, 0) is 0 Å². The molecular weight excluding hydrogens is 240 g/mol. The molecule has 2 bridgehead atoms. The predicted molar refractivity (Wildman–Crippen MR) is 87.6 cm³/mol. The summed E-state index contributed by atoms with van der Waals surface area (Å²) in [5.41, 5.74) is 5.36. The van der Waals surface area contributed by atoms with Gasteiger partial charge in [-0.25, -0.2) is 0 Å². The fourth-order valence-electron chi connectivity index (χ4n) is 4.84. The van der Waals surface area contributed by atoms with Crippen LogP contribution in [-0.4, -0.2) is 0 Å². The molecule has 110 valence electrons. The third-order valence-corrected chi connectivity index (χ3v) is 6.72. The second-order valence-electron chi connectivity index (χ2n) is 7.85. The van der Waals surface area contributed by atoms with Crippen molar-refractivity contribution in [3.8, 4) is 0 Å². The maximum Gasteiger partial charge on any atom is -0.0146 e. The second kappa shape index (κ2) is 5.20. The number of rotatable bonds is 4. The van der Waals surface area contributed by atoms with Crippen LogP contribution in [0.5, 0.6) is 0 Å². The maximum atomic E-state index is 4.43. The molecule has 0 saturated heterocycles. The van der Waals surface area contributed by atoms with Crippen molar-refractivity contribution in [1.29, 1.82) is 0 Å². The number of allylic oxidation sites excluding steroid dienone is 5. The lowest BCUT2D eigenvalue weighted by molar-refractivity contribution is -0.0321. The fourth-order valence-corrected chi connectivity index (χ4v) is 4.84. The Kier molecular flexibility index (Phi) is 3.69. The van der Waals surface area contributed by atoms with Crippen molar-refractivity contribution >= 4 is 0 Å². The molecule has 0 aromatic carbocycles. The second-order valence-corrected chi connectivity index (χ2v) is 7.85. The highest BCUT2D eigenvalue weighted by Gasteiger charge is 2.52. The topological polar surface area (TPSA) is 0 Å². The predicted octanol–water partition coefficient (Wildman–Crippen LogP) is 6.06. The molecule has 0 aromatic rings. The molecule has 0 amide bonds. The first kappa shape index (κ1) is 14.2. The van der Waals surface area contributed by atoms with Crippen molar-refractivity contribution in [1.82, 2.24) is 0 Å². The minimum atomic E-state index is 0.586. The van der Waals surface area contributed by atoms with Crippen molar-refractivity contribution in [2.45, 2.75) is 65.7 Å². The van der Waals surface area contributed by atoms with Crippen LogP contribution in [0, 0.1) is 23.2 Å². The van der Waals surface area contributed by atoms with E-state index < -0.39 is 0 Å². The normalized spacial score (nSPS) is 39.6. The lowest BCUT2D eigenvalue weighted by Crippen LogP contribution is -2.49. The fraction of sp³-hybridized carbons (Fsp3) is 0.700. The summed E-state index contributed by atoms with van der Waals surface area (Å²) in [5.74, 6) is 2.60. The Morgan fingerprint density at radius 3 is 2.70 bits per heavy atom. The summed E-state index contributed by atoms with van der Waals surface area (Å²) in [6.07, 6.45) is 14.2. The van der Waals surface area contributed by atoms with Crippen LogP contribution in [0.25, 0.3) is 0 Å². The van der Waals surface area contributed by atoms with Gasteiger partial charge in [0.05, 0.1) is 0 Å². The van der Waals surface area contributed by atoms with Crippen LogP contribution in [0.4, 0.5) is 0 Å². The van der Waals surface area contributed by atoms with Crippen molar-refractivity contribution in [3.05, 3.63) is 35.5 Å². The minimum Gasteiger partial charge on any atom is -0.0996 e. The molecule has 0 aromatic heterocycles. The molecule has 0 aliphatic heterocycles. The third kappa shape index (κ3) is 2.32. The minimum absolute atomic E-state index is 0.586. The molecule has 3 rings (SSSR count). The van der Waals surface area contributed by atoms with Crippen LogP contribution >= 0.6 is 0 Å². The van der Waals surface area contributed by atoms with E-state index in [1.807, 2.05) is 0 Å². The molecule has 4 atom stereocenters. The van der Waals surface area contributed by atoms with Gasteiger partial charge in [0.2, 0.25) is 0 Å². The van der Waals surface area contributed by atoms with E-state index in [0.29, 0.717) is 5.41 Å². The highest BCUT2D eigenvalue weighted by atomic mass is 14.6. The summed E-state index contributed by atoms with van der Waals surface area (Å²) in [4.78, 5) is 0. The van der Waals surface area contributed by atoms with E-state index in [2.05, 4.69) is 39.5 Å². The summed E-state index contributed by atoms with van der Waals surface area (Å²) < 4.78 is 0. The summed E-state index contributed by atoms with van der Waals surface area (Å²) in [7, 11) is 0. The zero-order chi connectivity index (χ0) is 14.3. The van der Waals surface area contributed by atoms with Crippen LogP contribution < -0.4 is 0 Å². The summed E-state index contributed by atoms with van der Waals surface area (Å²) in [5, 5.41) is 0. The van der Waals surface area contributed by atoms with Gasteiger partial charge in [-0.1, -0.05) is 42.4 Å². The van der Waals surface area contributed by atoms with Gasteiger partial charge in [0.15, 0.2) is 0 Å². The average Bonchev–Trinajstić information content (AvgIpc) is 2.44. The largest absolute Gasteiger partial charge is 0.0996 e. The van der Waals surface area contributed by atoms with Gasteiger partial charge in [0.25, 0.3) is 0 Å². The quantitative estimate of drug-likeness (QED) is 0.544. The molecule has 0 heterocycles. The molecular formula is C20H30. The lowest BCUT2D eigenvalue weighted by atomic mass is 9.46. The van der Waals surface area contributed by atoms with E-state index in [9.17, 15) is 0 Å². The highest BCUT2D eigenvalue weighted by Crippen LogP contribution is 2.61. The Labute approximate surface area is 125 Å². The van der Waals surface area contributed by atoms with Crippen LogP contribution in [0.1, 0.15) is 65.7 Å². The van der Waals surface area contributed by atoms with E-state index in [1.54, 1.807) is 11.1 Å². The summed E-state index contributed by atoms with van der Waals surface area (Å²) in [6, 6.07) is 0. The molecule has 1 unspecified atom stereocenters. The molecule has 0 heteroatoms. The summed E-state index contributed by atoms with van der Waals surface area (Å²) >= 11 is 0. The van der Waals surface area contributed by atoms with Gasteiger partial charge in [-0.15, -0.1) is 0 Å². The maximum absolute atomic E-state index is 4.43. The highest BCUT2D eigenvalue weighted by molar-refractivity contribution is 5.23. The molecule has 20 heavy (non-hydrogen) atoms. The Morgan fingerprint density at radius 2 is 2.10 bits per heavy atom. The smallest absolute Gasteiger partial charge is 0.0146 e. The molecule has 3 aliphatic rings. The summed E-state index contributed by atoms with van der Waals surface area (Å²) in [6.45, 7) is 11.6. The van der Waals surface area contributed by atoms with E-state index >= 15 is 0 Å². The Bertz CT molecular complexity index is 464. The van der Waals surface area contributed by atoms with E-state index in [1.165, 1.54) is 50.5 Å². The SMILES string of the molecule is C=C(CCC1(C)[C@@H]2CC=C(C)[C@H]1C2)[C@H]1CC=C(C)CC1. The molecule has 0 spiro atoms. The van der Waals surface area contributed by atoms with Crippen molar-refractivity contribution in [3.63, 3.8) is 0 Å². The van der Waals surface area contributed by atoms with E-state index in [-0.39, 0.29) is 0 Å². The van der Waals surface area contributed by atoms with E-state index in [4.69, 9.17) is 0 Å². The van der Waals surface area contributed by atoms with Gasteiger partial charge in [-0.05, 0) is 82.0 Å². The molecule has 3 aliphatic carbocycles. The Morgan fingerprint density at radius 1 is 1.30 bits per heavy atom. The first-order valence-electron chi connectivity index (χ1n) is 8.50. The van der Waals surface area contributed by atoms with Gasteiger partial charge in [0.1, 0.15) is 0 Å². The van der Waals surface area contributed by atoms with Crippen molar-refractivity contribution < 1.29 is 0 Å². The van der Waals surface area contributed by atoms with Crippen molar-refractivity contribution in [2.75, 3.05) is 0 Å². The Balaban J connectivity index is 1.55.